The van der Waals surface area contributed by atoms with E-state index in [0.29, 0.717) is 10.8 Å². The molecule has 1 heteroatoms. The third kappa shape index (κ3) is 4.30. The van der Waals surface area contributed by atoms with Crippen molar-refractivity contribution in [2.24, 2.45) is 12.5 Å². The summed E-state index contributed by atoms with van der Waals surface area (Å²) in [6.45, 7) is 16.6. The van der Waals surface area contributed by atoms with Gasteiger partial charge in [0.15, 0.2) is 6.20 Å². The molecule has 0 spiro atoms. The van der Waals surface area contributed by atoms with Crippen molar-refractivity contribution in [1.82, 2.24) is 0 Å². The molecule has 1 nitrogen and oxygen atoms in total. The van der Waals surface area contributed by atoms with Gasteiger partial charge in [0, 0.05) is 17.2 Å². The van der Waals surface area contributed by atoms with Crippen molar-refractivity contribution < 1.29 is 4.57 Å². The highest BCUT2D eigenvalue weighted by atomic mass is 14.9. The van der Waals surface area contributed by atoms with Crippen molar-refractivity contribution in [2.45, 2.75) is 97.8 Å². The van der Waals surface area contributed by atoms with E-state index in [-0.39, 0.29) is 5.41 Å². The number of aryl methyl sites for hydroxylation is 2. The number of pyridine rings is 1. The van der Waals surface area contributed by atoms with Crippen LogP contribution in [0.4, 0.5) is 0 Å². The molecule has 29 heavy (non-hydrogen) atoms. The molecule has 1 aromatic carbocycles. The normalized spacial score (nSPS) is 18.6. The molecule has 1 heterocycles. The Bertz CT molecular complexity index is 860. The van der Waals surface area contributed by atoms with Crippen LogP contribution in [0, 0.1) is 12.3 Å². The quantitative estimate of drug-likeness (QED) is 0.466. The number of aromatic nitrogens is 1. The summed E-state index contributed by atoms with van der Waals surface area (Å²) in [5, 5.41) is 0. The van der Waals surface area contributed by atoms with Gasteiger partial charge in [0.1, 0.15) is 7.05 Å². The first-order chi connectivity index (χ1) is 13.5. The zero-order valence-electron chi connectivity index (χ0n) is 20.2. The van der Waals surface area contributed by atoms with E-state index in [2.05, 4.69) is 96.6 Å². The summed E-state index contributed by atoms with van der Waals surface area (Å²) in [5.74, 6) is 0. The number of hydrogen-bond acceptors (Lipinski definition) is 0. The summed E-state index contributed by atoms with van der Waals surface area (Å²) < 4.78 is 2.35. The minimum absolute atomic E-state index is 0.276. The third-order valence-corrected chi connectivity index (χ3v) is 8.30. The smallest absolute Gasteiger partial charge is 0.201 e. The van der Waals surface area contributed by atoms with Crippen LogP contribution in [-0.4, -0.2) is 0 Å². The van der Waals surface area contributed by atoms with Crippen LogP contribution in [0.3, 0.4) is 0 Å². The fourth-order valence-electron chi connectivity index (χ4n) is 5.00. The summed E-state index contributed by atoms with van der Waals surface area (Å²) in [6.07, 6.45) is 9.98. The van der Waals surface area contributed by atoms with Gasteiger partial charge in [0.2, 0.25) is 5.69 Å². The molecular formula is C28H42N+. The number of rotatable bonds is 5. The van der Waals surface area contributed by atoms with Gasteiger partial charge in [-0.05, 0) is 85.0 Å². The Balaban J connectivity index is 1.91. The molecule has 3 rings (SSSR count). The summed E-state index contributed by atoms with van der Waals surface area (Å²) in [4.78, 5) is 0. The summed E-state index contributed by atoms with van der Waals surface area (Å²) in [6, 6.07) is 11.9. The third-order valence-electron chi connectivity index (χ3n) is 8.30. The van der Waals surface area contributed by atoms with Crippen molar-refractivity contribution >= 4 is 0 Å². The fourth-order valence-corrected chi connectivity index (χ4v) is 5.00. The number of hydrogen-bond donors (Lipinski definition) is 0. The van der Waals surface area contributed by atoms with E-state index in [1.54, 1.807) is 0 Å². The molecule has 0 amide bonds. The van der Waals surface area contributed by atoms with Crippen LogP contribution < -0.4 is 4.57 Å². The first-order valence-corrected chi connectivity index (χ1v) is 11.7. The van der Waals surface area contributed by atoms with Gasteiger partial charge >= 0.3 is 0 Å². The minimum Gasteiger partial charge on any atom is -0.201 e. The first kappa shape index (κ1) is 22.1. The average Bonchev–Trinajstić information content (AvgIpc) is 2.70. The van der Waals surface area contributed by atoms with E-state index in [4.69, 9.17) is 0 Å². The minimum atomic E-state index is 0.276. The van der Waals surface area contributed by atoms with Crippen LogP contribution >= 0.6 is 0 Å². The molecule has 1 aliphatic carbocycles. The van der Waals surface area contributed by atoms with Crippen LogP contribution in [0.2, 0.25) is 0 Å². The highest BCUT2D eigenvalue weighted by Gasteiger charge is 2.37. The van der Waals surface area contributed by atoms with Crippen molar-refractivity contribution in [3.05, 3.63) is 53.2 Å². The highest BCUT2D eigenvalue weighted by molar-refractivity contribution is 5.62. The van der Waals surface area contributed by atoms with Crippen LogP contribution in [0.25, 0.3) is 11.3 Å². The monoisotopic (exact) mass is 392 g/mol. The number of benzene rings is 1. The SMILES string of the molecule is CCC(C)(CC)c1ccc(-c2ccc(C3(C)CCC(C)(C)CC3)c[n+]2C)c(C)c1. The molecule has 0 radical (unpaired) electrons. The largest absolute Gasteiger partial charge is 0.212 e. The fraction of sp³-hybridized carbons (Fsp3) is 0.607. The van der Waals surface area contributed by atoms with Gasteiger partial charge < -0.3 is 0 Å². The summed E-state index contributed by atoms with van der Waals surface area (Å²) in [5.41, 5.74) is 8.11. The Kier molecular flexibility index (Phi) is 6.01. The topological polar surface area (TPSA) is 3.88 Å². The molecule has 1 aromatic heterocycles. The molecular weight excluding hydrogens is 350 g/mol. The van der Waals surface area contributed by atoms with Gasteiger partial charge in [0.25, 0.3) is 0 Å². The molecule has 0 aliphatic heterocycles. The van der Waals surface area contributed by atoms with E-state index < -0.39 is 0 Å². The van der Waals surface area contributed by atoms with Crippen LogP contribution in [0.5, 0.6) is 0 Å². The second kappa shape index (κ2) is 7.89. The average molecular weight is 393 g/mol. The molecule has 1 fully saturated rings. The molecule has 1 aliphatic rings. The molecule has 0 bridgehead atoms. The molecule has 0 atom stereocenters. The molecule has 2 aromatic rings. The van der Waals surface area contributed by atoms with Crippen LogP contribution in [0.15, 0.2) is 36.5 Å². The molecule has 0 saturated heterocycles. The predicted octanol–water partition coefficient (Wildman–Crippen LogP) is 7.42. The molecule has 158 valence electrons. The Morgan fingerprint density at radius 2 is 1.55 bits per heavy atom. The number of nitrogens with zero attached hydrogens (tertiary/aromatic N) is 1. The Morgan fingerprint density at radius 1 is 0.931 bits per heavy atom. The highest BCUT2D eigenvalue weighted by Crippen LogP contribution is 2.46. The van der Waals surface area contributed by atoms with Crippen molar-refractivity contribution in [3.63, 3.8) is 0 Å². The van der Waals surface area contributed by atoms with Gasteiger partial charge in [-0.2, -0.15) is 0 Å². The van der Waals surface area contributed by atoms with E-state index in [9.17, 15) is 0 Å². The van der Waals surface area contributed by atoms with E-state index in [0.717, 1.165) is 0 Å². The maximum atomic E-state index is 2.47. The molecule has 0 N–H and O–H groups in total. The van der Waals surface area contributed by atoms with Crippen molar-refractivity contribution in [3.8, 4) is 11.3 Å². The zero-order chi connectivity index (χ0) is 21.4. The van der Waals surface area contributed by atoms with Gasteiger partial charge in [0.05, 0.1) is 0 Å². The van der Waals surface area contributed by atoms with Gasteiger partial charge in [-0.25, -0.2) is 4.57 Å². The zero-order valence-corrected chi connectivity index (χ0v) is 20.2. The van der Waals surface area contributed by atoms with E-state index in [1.807, 2.05) is 0 Å². The second-order valence-corrected chi connectivity index (χ2v) is 10.9. The molecule has 1 saturated carbocycles. The lowest BCUT2D eigenvalue weighted by Crippen LogP contribution is -2.37. The van der Waals surface area contributed by atoms with E-state index >= 15 is 0 Å². The maximum absolute atomic E-state index is 2.47. The Labute approximate surface area is 179 Å². The van der Waals surface area contributed by atoms with Crippen LogP contribution in [0.1, 0.15) is 96.8 Å². The Morgan fingerprint density at radius 3 is 2.07 bits per heavy atom. The lowest BCUT2D eigenvalue weighted by atomic mass is 9.63. The lowest BCUT2D eigenvalue weighted by molar-refractivity contribution is -0.661. The standard InChI is InChI=1S/C28H42N/c1-9-27(6,10-2)22-11-13-24(21(3)19-22)25-14-12-23(20-29(25)8)28(7)17-15-26(4,5)16-18-28/h11-14,19-20H,9-10,15-18H2,1-8H3/q+1. The molecule has 0 unspecified atom stereocenters. The Hall–Kier alpha value is -1.63. The van der Waals surface area contributed by atoms with Crippen LogP contribution in [-0.2, 0) is 17.9 Å². The van der Waals surface area contributed by atoms with Crippen molar-refractivity contribution in [2.75, 3.05) is 0 Å². The van der Waals surface area contributed by atoms with Gasteiger partial charge in [-0.3, -0.25) is 0 Å². The summed E-state index contributed by atoms with van der Waals surface area (Å²) >= 11 is 0. The predicted molar refractivity (Wildman–Crippen MR) is 125 cm³/mol. The van der Waals surface area contributed by atoms with Crippen molar-refractivity contribution in [1.29, 1.82) is 0 Å². The maximum Gasteiger partial charge on any atom is 0.212 e. The second-order valence-electron chi connectivity index (χ2n) is 10.9. The lowest BCUT2D eigenvalue weighted by Gasteiger charge is -2.41. The summed E-state index contributed by atoms with van der Waals surface area (Å²) in [7, 11) is 2.21. The first-order valence-electron chi connectivity index (χ1n) is 11.7. The van der Waals surface area contributed by atoms with E-state index in [1.165, 1.54) is 66.5 Å². The van der Waals surface area contributed by atoms with Gasteiger partial charge in [-0.15, -0.1) is 0 Å². The van der Waals surface area contributed by atoms with Gasteiger partial charge in [-0.1, -0.05) is 53.7 Å².